The predicted octanol–water partition coefficient (Wildman–Crippen LogP) is 3.24. The zero-order chi connectivity index (χ0) is 19.9. The van der Waals surface area contributed by atoms with E-state index in [0.29, 0.717) is 0 Å². The van der Waals surface area contributed by atoms with Gasteiger partial charge in [-0.15, -0.1) is 0 Å². The molecule has 28 heavy (non-hydrogen) atoms. The van der Waals surface area contributed by atoms with E-state index in [2.05, 4.69) is 63.3 Å². The largest absolute Gasteiger partial charge is 0.381 e. The lowest BCUT2D eigenvalue weighted by Gasteiger charge is -2.12. The molecular formula is C22H35N5O. The first-order chi connectivity index (χ1) is 13.8. The lowest BCUT2D eigenvalue weighted by Crippen LogP contribution is -2.38. The van der Waals surface area contributed by atoms with Crippen molar-refractivity contribution in [2.45, 2.75) is 46.1 Å². The van der Waals surface area contributed by atoms with E-state index >= 15 is 0 Å². The molecule has 0 aliphatic rings. The number of guanidine groups is 1. The highest BCUT2D eigenvalue weighted by molar-refractivity contribution is 5.79. The number of rotatable bonds is 13. The molecular weight excluding hydrogens is 350 g/mol. The maximum atomic E-state index is 5.59. The second-order valence-electron chi connectivity index (χ2n) is 6.71. The molecule has 1 heterocycles. The fourth-order valence-corrected chi connectivity index (χ4v) is 2.83. The Morgan fingerprint density at radius 1 is 1.11 bits per heavy atom. The summed E-state index contributed by atoms with van der Waals surface area (Å²) in [5, 5.41) is 6.71. The van der Waals surface area contributed by atoms with Crippen molar-refractivity contribution in [1.29, 1.82) is 0 Å². The lowest BCUT2D eigenvalue weighted by atomic mass is 10.2. The van der Waals surface area contributed by atoms with E-state index in [-0.39, 0.29) is 0 Å². The Morgan fingerprint density at radius 2 is 1.93 bits per heavy atom. The smallest absolute Gasteiger partial charge is 0.191 e. The average molecular weight is 386 g/mol. The Hall–Kier alpha value is -2.34. The van der Waals surface area contributed by atoms with Gasteiger partial charge < -0.3 is 19.9 Å². The summed E-state index contributed by atoms with van der Waals surface area (Å²) in [6.45, 7) is 9.15. The number of nitrogens with one attached hydrogen (secondary N) is 2. The molecule has 2 N–H and O–H groups in total. The summed E-state index contributed by atoms with van der Waals surface area (Å²) in [4.78, 5) is 9.14. The molecule has 0 unspecified atom stereocenters. The number of imidazole rings is 1. The van der Waals surface area contributed by atoms with Gasteiger partial charge in [0, 0.05) is 58.2 Å². The van der Waals surface area contributed by atoms with Crippen LogP contribution in [0.15, 0.2) is 47.7 Å². The van der Waals surface area contributed by atoms with Crippen molar-refractivity contribution in [3.8, 4) is 0 Å². The van der Waals surface area contributed by atoms with Crippen LogP contribution in [0.4, 0.5) is 0 Å². The van der Waals surface area contributed by atoms with E-state index in [1.807, 2.05) is 18.5 Å². The fourth-order valence-electron chi connectivity index (χ4n) is 2.83. The van der Waals surface area contributed by atoms with Gasteiger partial charge in [-0.3, -0.25) is 4.99 Å². The molecule has 0 saturated heterocycles. The minimum atomic E-state index is 0.768. The molecule has 1 aromatic carbocycles. The number of hydrogen-bond acceptors (Lipinski definition) is 3. The number of nitrogens with zero attached hydrogens (tertiary/aromatic N) is 3. The van der Waals surface area contributed by atoms with Gasteiger partial charge in [-0.05, 0) is 25.3 Å². The first-order valence-corrected chi connectivity index (χ1v) is 10.5. The molecule has 154 valence electrons. The van der Waals surface area contributed by atoms with Crippen LogP contribution in [0.2, 0.25) is 0 Å². The summed E-state index contributed by atoms with van der Waals surface area (Å²) in [5.74, 6) is 1.94. The van der Waals surface area contributed by atoms with E-state index in [1.54, 1.807) is 0 Å². The number of unbranched alkanes of at least 4 members (excludes halogenated alkanes) is 1. The van der Waals surface area contributed by atoms with E-state index in [0.717, 1.165) is 70.4 Å². The van der Waals surface area contributed by atoms with Crippen LogP contribution in [-0.2, 0) is 17.7 Å². The molecule has 0 fully saturated rings. The normalized spacial score (nSPS) is 11.6. The first kappa shape index (κ1) is 22.0. The van der Waals surface area contributed by atoms with Crippen LogP contribution < -0.4 is 10.6 Å². The van der Waals surface area contributed by atoms with E-state index < -0.39 is 0 Å². The zero-order valence-electron chi connectivity index (χ0n) is 17.4. The first-order valence-electron chi connectivity index (χ1n) is 10.5. The number of aliphatic imine (C=N–C) groups is 1. The molecule has 0 aliphatic heterocycles. The van der Waals surface area contributed by atoms with Crippen molar-refractivity contribution in [2.75, 3.05) is 32.8 Å². The van der Waals surface area contributed by atoms with Crippen LogP contribution >= 0.6 is 0 Å². The van der Waals surface area contributed by atoms with Gasteiger partial charge in [0.25, 0.3) is 0 Å². The summed E-state index contributed by atoms with van der Waals surface area (Å²) in [6, 6.07) is 10.5. The summed E-state index contributed by atoms with van der Waals surface area (Å²) in [7, 11) is 0. The van der Waals surface area contributed by atoms with Crippen molar-refractivity contribution in [3.63, 3.8) is 0 Å². The van der Waals surface area contributed by atoms with Gasteiger partial charge in [-0.25, -0.2) is 4.98 Å². The average Bonchev–Trinajstić information content (AvgIpc) is 3.15. The van der Waals surface area contributed by atoms with Crippen molar-refractivity contribution < 1.29 is 4.74 Å². The van der Waals surface area contributed by atoms with Crippen molar-refractivity contribution >= 4 is 5.96 Å². The Kier molecular flexibility index (Phi) is 10.8. The predicted molar refractivity (Wildman–Crippen MR) is 116 cm³/mol. The maximum absolute atomic E-state index is 5.59. The summed E-state index contributed by atoms with van der Waals surface area (Å²) < 4.78 is 7.79. The molecule has 0 amide bonds. The Labute approximate surface area is 169 Å². The van der Waals surface area contributed by atoms with Crippen LogP contribution in [0, 0.1) is 0 Å². The highest BCUT2D eigenvalue weighted by Crippen LogP contribution is 2.05. The second kappa shape index (κ2) is 13.8. The molecule has 0 spiro atoms. The molecule has 2 aromatic rings. The SMILES string of the molecule is CCCCOCCCN=C(NCC)NCCc1nccn1Cc1ccccc1. The van der Waals surface area contributed by atoms with Crippen molar-refractivity contribution in [3.05, 3.63) is 54.1 Å². The number of aromatic nitrogens is 2. The van der Waals surface area contributed by atoms with Crippen LogP contribution in [-0.4, -0.2) is 48.4 Å². The van der Waals surface area contributed by atoms with E-state index in [4.69, 9.17) is 4.74 Å². The third-order valence-electron chi connectivity index (χ3n) is 4.34. The molecule has 0 aliphatic carbocycles. The summed E-state index contributed by atoms with van der Waals surface area (Å²) in [6.07, 6.45) is 8.02. The molecule has 6 heteroatoms. The van der Waals surface area contributed by atoms with Gasteiger partial charge in [-0.1, -0.05) is 43.7 Å². The second-order valence-corrected chi connectivity index (χ2v) is 6.71. The summed E-state index contributed by atoms with van der Waals surface area (Å²) in [5.41, 5.74) is 1.28. The van der Waals surface area contributed by atoms with Gasteiger partial charge in [0.15, 0.2) is 5.96 Å². The quantitative estimate of drug-likeness (QED) is 0.316. The van der Waals surface area contributed by atoms with Crippen LogP contribution in [0.25, 0.3) is 0 Å². The fraction of sp³-hybridized carbons (Fsp3) is 0.545. The standard InChI is InChI=1S/C22H35N5O/c1-3-5-17-28-18-9-13-25-22(23-4-2)26-14-12-21-24-15-16-27(21)19-20-10-7-6-8-11-20/h6-8,10-11,15-16H,3-5,9,12-14,17-19H2,1-2H3,(H2,23,25,26). The number of ether oxygens (including phenoxy) is 1. The Morgan fingerprint density at radius 3 is 2.71 bits per heavy atom. The molecule has 0 atom stereocenters. The highest BCUT2D eigenvalue weighted by atomic mass is 16.5. The third kappa shape index (κ3) is 8.57. The topological polar surface area (TPSA) is 63.5 Å². The van der Waals surface area contributed by atoms with Crippen LogP contribution in [0.1, 0.15) is 44.5 Å². The van der Waals surface area contributed by atoms with Gasteiger partial charge in [0.05, 0.1) is 0 Å². The van der Waals surface area contributed by atoms with E-state index in [1.165, 1.54) is 12.0 Å². The highest BCUT2D eigenvalue weighted by Gasteiger charge is 2.04. The molecule has 0 saturated carbocycles. The lowest BCUT2D eigenvalue weighted by molar-refractivity contribution is 0.130. The van der Waals surface area contributed by atoms with Gasteiger partial charge in [0.1, 0.15) is 5.82 Å². The van der Waals surface area contributed by atoms with Crippen molar-refractivity contribution in [2.24, 2.45) is 4.99 Å². The number of benzene rings is 1. The summed E-state index contributed by atoms with van der Waals surface area (Å²) >= 11 is 0. The number of hydrogen-bond donors (Lipinski definition) is 2. The van der Waals surface area contributed by atoms with E-state index in [9.17, 15) is 0 Å². The molecule has 0 radical (unpaired) electrons. The van der Waals surface area contributed by atoms with Gasteiger partial charge >= 0.3 is 0 Å². The molecule has 2 rings (SSSR count). The van der Waals surface area contributed by atoms with Gasteiger partial charge in [-0.2, -0.15) is 0 Å². The van der Waals surface area contributed by atoms with Gasteiger partial charge in [0.2, 0.25) is 0 Å². The minimum Gasteiger partial charge on any atom is -0.381 e. The molecule has 1 aromatic heterocycles. The molecule has 0 bridgehead atoms. The Bertz CT molecular complexity index is 669. The third-order valence-corrected chi connectivity index (χ3v) is 4.34. The van der Waals surface area contributed by atoms with Crippen molar-refractivity contribution in [1.82, 2.24) is 20.2 Å². The zero-order valence-corrected chi connectivity index (χ0v) is 17.4. The van der Waals surface area contributed by atoms with Crippen LogP contribution in [0.3, 0.4) is 0 Å². The maximum Gasteiger partial charge on any atom is 0.191 e. The minimum absolute atomic E-state index is 0.768. The Balaban J connectivity index is 1.73. The molecule has 6 nitrogen and oxygen atoms in total. The van der Waals surface area contributed by atoms with Crippen LogP contribution in [0.5, 0.6) is 0 Å². The monoisotopic (exact) mass is 385 g/mol.